The number of nitrogens with one attached hydrogen (secondary N) is 1. The molecule has 0 saturated carbocycles. The predicted octanol–water partition coefficient (Wildman–Crippen LogP) is 3.21. The van der Waals surface area contributed by atoms with Gasteiger partial charge in [-0.15, -0.1) is 0 Å². The molecule has 2 aromatic carbocycles. The number of amides is 1. The van der Waals surface area contributed by atoms with Crippen LogP contribution in [-0.2, 0) is 15.0 Å². The molecule has 0 aliphatic rings. The molecule has 0 fully saturated rings. The molecule has 1 N–H and O–H groups in total. The Labute approximate surface area is 179 Å². The van der Waals surface area contributed by atoms with Gasteiger partial charge in [-0.25, -0.2) is 4.31 Å². The largest absolute Gasteiger partial charge is 0.497 e. The van der Waals surface area contributed by atoms with Gasteiger partial charge in [-0.3, -0.25) is 4.79 Å². The number of methoxy groups -OCH3 is 1. The normalized spacial score (nSPS) is 12.6. The zero-order valence-corrected chi connectivity index (χ0v) is 19.0. The summed E-state index contributed by atoms with van der Waals surface area (Å²) in [4.78, 5) is 12.9. The Kier molecular flexibility index (Phi) is 8.25. The van der Waals surface area contributed by atoms with Crippen molar-refractivity contribution in [2.24, 2.45) is 5.92 Å². The number of rotatable bonds is 10. The lowest BCUT2D eigenvalue weighted by Crippen LogP contribution is -2.46. The second kappa shape index (κ2) is 10.4. The summed E-state index contributed by atoms with van der Waals surface area (Å²) < 4.78 is 33.1. The Hall–Kier alpha value is -2.58. The SMILES string of the molecule is COc1ccc([C@@H](CC(C)C)NC(=O)CN(c2ccccc2)S(=O)(=O)N(C)C)cc1. The number of nitrogens with zero attached hydrogens (tertiary/aromatic N) is 2. The molecule has 1 atom stereocenters. The number of para-hydroxylation sites is 1. The van der Waals surface area contributed by atoms with E-state index in [2.05, 4.69) is 19.2 Å². The van der Waals surface area contributed by atoms with Gasteiger partial charge in [-0.2, -0.15) is 12.7 Å². The number of carbonyl (C=O) groups is 1. The Morgan fingerprint density at radius 3 is 2.13 bits per heavy atom. The Morgan fingerprint density at radius 1 is 1.03 bits per heavy atom. The van der Waals surface area contributed by atoms with Crippen LogP contribution in [0.2, 0.25) is 0 Å². The highest BCUT2D eigenvalue weighted by Crippen LogP contribution is 2.24. The molecule has 0 saturated heterocycles. The van der Waals surface area contributed by atoms with Crippen molar-refractivity contribution >= 4 is 21.8 Å². The topological polar surface area (TPSA) is 79.0 Å². The molecule has 0 radical (unpaired) electrons. The van der Waals surface area contributed by atoms with E-state index in [4.69, 9.17) is 4.74 Å². The molecule has 2 rings (SSSR count). The van der Waals surface area contributed by atoms with E-state index in [1.165, 1.54) is 14.1 Å². The third-order valence-electron chi connectivity index (χ3n) is 4.63. The first-order valence-corrected chi connectivity index (χ1v) is 11.2. The highest BCUT2D eigenvalue weighted by Gasteiger charge is 2.28. The number of benzene rings is 2. The number of ether oxygens (including phenoxy) is 1. The van der Waals surface area contributed by atoms with Crippen molar-refractivity contribution in [3.05, 3.63) is 60.2 Å². The second-order valence-corrected chi connectivity index (χ2v) is 9.72. The van der Waals surface area contributed by atoms with Crippen molar-refractivity contribution in [3.63, 3.8) is 0 Å². The summed E-state index contributed by atoms with van der Waals surface area (Å²) in [5.74, 6) is 0.708. The van der Waals surface area contributed by atoms with E-state index in [0.717, 1.165) is 26.3 Å². The van der Waals surface area contributed by atoms with E-state index < -0.39 is 10.2 Å². The molecule has 0 bridgehead atoms. The summed E-state index contributed by atoms with van der Waals surface area (Å²) in [7, 11) is 0.666. The van der Waals surface area contributed by atoms with Crippen molar-refractivity contribution in [3.8, 4) is 5.75 Å². The molecular formula is C22H31N3O4S. The lowest BCUT2D eigenvalue weighted by molar-refractivity contribution is -0.120. The summed E-state index contributed by atoms with van der Waals surface area (Å²) in [6, 6.07) is 15.9. The van der Waals surface area contributed by atoms with Gasteiger partial charge in [-0.05, 0) is 42.2 Å². The zero-order chi connectivity index (χ0) is 22.3. The molecule has 30 heavy (non-hydrogen) atoms. The molecule has 0 aliphatic carbocycles. The first kappa shape index (κ1) is 23.7. The van der Waals surface area contributed by atoms with Crippen LogP contribution in [0.15, 0.2) is 54.6 Å². The molecule has 0 unspecified atom stereocenters. The number of hydrogen-bond donors (Lipinski definition) is 1. The lowest BCUT2D eigenvalue weighted by atomic mass is 9.97. The summed E-state index contributed by atoms with van der Waals surface area (Å²) >= 11 is 0. The van der Waals surface area contributed by atoms with Gasteiger partial charge in [0.25, 0.3) is 0 Å². The first-order chi connectivity index (χ1) is 14.1. The third-order valence-corrected chi connectivity index (χ3v) is 6.45. The molecule has 2 aromatic rings. The molecule has 1 amide bonds. The van der Waals surface area contributed by atoms with Crippen LogP contribution in [0.1, 0.15) is 31.9 Å². The smallest absolute Gasteiger partial charge is 0.304 e. The van der Waals surface area contributed by atoms with Crippen LogP contribution in [-0.4, -0.2) is 46.4 Å². The van der Waals surface area contributed by atoms with E-state index in [0.29, 0.717) is 11.6 Å². The van der Waals surface area contributed by atoms with Crippen molar-refractivity contribution in [2.75, 3.05) is 32.1 Å². The molecule has 0 spiro atoms. The number of hydrogen-bond acceptors (Lipinski definition) is 4. The predicted molar refractivity (Wildman–Crippen MR) is 120 cm³/mol. The van der Waals surface area contributed by atoms with Crippen LogP contribution < -0.4 is 14.4 Å². The van der Waals surface area contributed by atoms with Gasteiger partial charge < -0.3 is 10.1 Å². The van der Waals surface area contributed by atoms with Gasteiger partial charge in [0.1, 0.15) is 12.3 Å². The fourth-order valence-corrected chi connectivity index (χ4v) is 4.12. The van der Waals surface area contributed by atoms with Crippen LogP contribution in [0.3, 0.4) is 0 Å². The van der Waals surface area contributed by atoms with E-state index in [-0.39, 0.29) is 18.5 Å². The van der Waals surface area contributed by atoms with Gasteiger partial charge in [0.05, 0.1) is 18.8 Å². The molecule has 8 heteroatoms. The van der Waals surface area contributed by atoms with Crippen molar-refractivity contribution in [1.29, 1.82) is 0 Å². The monoisotopic (exact) mass is 433 g/mol. The molecule has 0 aromatic heterocycles. The third kappa shape index (κ3) is 6.21. The van der Waals surface area contributed by atoms with E-state index in [1.54, 1.807) is 37.4 Å². The van der Waals surface area contributed by atoms with Gasteiger partial charge in [0, 0.05) is 14.1 Å². The Balaban J connectivity index is 2.25. The quantitative estimate of drug-likeness (QED) is 0.624. The van der Waals surface area contributed by atoms with Gasteiger partial charge in [0.2, 0.25) is 5.91 Å². The maximum Gasteiger partial charge on any atom is 0.304 e. The lowest BCUT2D eigenvalue weighted by Gasteiger charge is -2.28. The summed E-state index contributed by atoms with van der Waals surface area (Å²) in [6.45, 7) is 3.85. The van der Waals surface area contributed by atoms with Crippen molar-refractivity contribution in [1.82, 2.24) is 9.62 Å². The minimum absolute atomic E-state index is 0.233. The first-order valence-electron chi connectivity index (χ1n) is 9.83. The van der Waals surface area contributed by atoms with Crippen molar-refractivity contribution in [2.45, 2.75) is 26.3 Å². The summed E-state index contributed by atoms with van der Waals surface area (Å²) in [5, 5.41) is 3.01. The maximum absolute atomic E-state index is 12.9. The Morgan fingerprint density at radius 2 is 1.63 bits per heavy atom. The van der Waals surface area contributed by atoms with Crippen LogP contribution >= 0.6 is 0 Å². The summed E-state index contributed by atoms with van der Waals surface area (Å²) in [5.41, 5.74) is 1.38. The van der Waals surface area contributed by atoms with E-state index in [1.807, 2.05) is 24.3 Å². The van der Waals surface area contributed by atoms with Crippen LogP contribution in [0.25, 0.3) is 0 Å². The van der Waals surface area contributed by atoms with Gasteiger partial charge >= 0.3 is 10.2 Å². The number of anilines is 1. The van der Waals surface area contributed by atoms with Crippen LogP contribution in [0, 0.1) is 5.92 Å². The minimum atomic E-state index is -3.83. The second-order valence-electron chi connectivity index (χ2n) is 7.66. The average Bonchev–Trinajstić information content (AvgIpc) is 2.71. The fraction of sp³-hybridized carbons (Fsp3) is 0.409. The highest BCUT2D eigenvalue weighted by molar-refractivity contribution is 7.90. The van der Waals surface area contributed by atoms with E-state index in [9.17, 15) is 13.2 Å². The van der Waals surface area contributed by atoms with Gasteiger partial charge in [-0.1, -0.05) is 44.2 Å². The van der Waals surface area contributed by atoms with Crippen LogP contribution in [0.4, 0.5) is 5.69 Å². The highest BCUT2D eigenvalue weighted by atomic mass is 32.2. The molecular weight excluding hydrogens is 402 g/mol. The van der Waals surface area contributed by atoms with Gasteiger partial charge in [0.15, 0.2) is 0 Å². The number of carbonyl (C=O) groups excluding carboxylic acids is 1. The molecule has 7 nitrogen and oxygen atoms in total. The molecule has 0 aliphatic heterocycles. The maximum atomic E-state index is 12.9. The minimum Gasteiger partial charge on any atom is -0.497 e. The average molecular weight is 434 g/mol. The standard InChI is InChI=1S/C22H31N3O4S/c1-17(2)15-21(18-11-13-20(29-5)14-12-18)23-22(26)16-25(30(27,28)24(3)4)19-9-7-6-8-10-19/h6-14,17,21H,15-16H2,1-5H3,(H,23,26)/t21-/m1/s1. The summed E-state index contributed by atoms with van der Waals surface area (Å²) in [6.07, 6.45) is 0.726. The van der Waals surface area contributed by atoms with Crippen molar-refractivity contribution < 1.29 is 17.9 Å². The fourth-order valence-electron chi connectivity index (χ4n) is 3.05. The molecule has 0 heterocycles. The Bertz CT molecular complexity index is 913. The zero-order valence-electron chi connectivity index (χ0n) is 18.2. The van der Waals surface area contributed by atoms with Crippen LogP contribution in [0.5, 0.6) is 5.75 Å². The van der Waals surface area contributed by atoms with E-state index >= 15 is 0 Å². The molecule has 164 valence electrons.